The summed E-state index contributed by atoms with van der Waals surface area (Å²) >= 11 is 0. The summed E-state index contributed by atoms with van der Waals surface area (Å²) < 4.78 is 12.9. The molecule has 2 rings (SSSR count). The fourth-order valence-corrected chi connectivity index (χ4v) is 1.52. The van der Waals surface area contributed by atoms with Crippen molar-refractivity contribution in [3.05, 3.63) is 65.2 Å². The van der Waals surface area contributed by atoms with Crippen LogP contribution < -0.4 is 0 Å². The van der Waals surface area contributed by atoms with Crippen LogP contribution in [0.25, 0.3) is 0 Å². The van der Waals surface area contributed by atoms with Crippen molar-refractivity contribution < 1.29 is 9.18 Å². The number of pyridine rings is 1. The van der Waals surface area contributed by atoms with Gasteiger partial charge >= 0.3 is 0 Å². The summed E-state index contributed by atoms with van der Waals surface area (Å²) in [6, 6.07) is 10.8. The van der Waals surface area contributed by atoms with Crippen LogP contribution in [-0.2, 0) is 6.42 Å². The minimum atomic E-state index is -0.487. The van der Waals surface area contributed by atoms with E-state index in [1.807, 2.05) is 30.3 Å². The molecule has 0 fully saturated rings. The fourth-order valence-electron chi connectivity index (χ4n) is 1.52. The van der Waals surface area contributed by atoms with E-state index in [4.69, 9.17) is 0 Å². The maximum atomic E-state index is 12.9. The monoisotopic (exact) mass is 215 g/mol. The predicted molar refractivity (Wildman–Crippen MR) is 58.8 cm³/mol. The molecule has 0 unspecified atom stereocenters. The first-order valence-electron chi connectivity index (χ1n) is 4.93. The lowest BCUT2D eigenvalue weighted by Crippen LogP contribution is -1.99. The molecule has 0 amide bonds. The molecule has 0 spiro atoms. The van der Waals surface area contributed by atoms with Gasteiger partial charge in [0.1, 0.15) is 5.82 Å². The van der Waals surface area contributed by atoms with Crippen molar-refractivity contribution in [3.63, 3.8) is 0 Å². The summed E-state index contributed by atoms with van der Waals surface area (Å²) in [4.78, 5) is 14.7. The molecule has 0 aliphatic carbocycles. The Bertz CT molecular complexity index is 497. The second-order valence-corrected chi connectivity index (χ2v) is 3.47. The highest BCUT2D eigenvalue weighted by molar-refractivity contribution is 5.76. The largest absolute Gasteiger partial charge is 0.298 e. The third kappa shape index (κ3) is 2.31. The van der Waals surface area contributed by atoms with Crippen LogP contribution in [0.1, 0.15) is 21.6 Å². The van der Waals surface area contributed by atoms with Crippen molar-refractivity contribution in [2.75, 3.05) is 0 Å². The lowest BCUT2D eigenvalue weighted by atomic mass is 10.1. The molecule has 0 radical (unpaired) electrons. The zero-order valence-electron chi connectivity index (χ0n) is 8.56. The van der Waals surface area contributed by atoms with Gasteiger partial charge in [0.15, 0.2) is 6.29 Å². The van der Waals surface area contributed by atoms with E-state index in [-0.39, 0.29) is 0 Å². The number of benzene rings is 1. The van der Waals surface area contributed by atoms with E-state index in [1.54, 1.807) is 0 Å². The standard InChI is InChI=1S/C13H10FNO/c14-12-7-11(9-16)13(15-8-12)6-10-4-2-1-3-5-10/h1-5,7-9H,6H2. The molecule has 1 heterocycles. The van der Waals surface area contributed by atoms with Gasteiger partial charge in [-0.2, -0.15) is 0 Å². The molecule has 0 atom stereocenters. The molecule has 1 aromatic heterocycles. The minimum Gasteiger partial charge on any atom is -0.298 e. The van der Waals surface area contributed by atoms with Gasteiger partial charge in [-0.05, 0) is 11.6 Å². The van der Waals surface area contributed by atoms with Crippen LogP contribution in [0.3, 0.4) is 0 Å². The Morgan fingerprint density at radius 3 is 2.69 bits per heavy atom. The summed E-state index contributed by atoms with van der Waals surface area (Å²) in [6.07, 6.45) is 2.30. The number of hydrogen-bond acceptors (Lipinski definition) is 2. The number of hydrogen-bond donors (Lipinski definition) is 0. The van der Waals surface area contributed by atoms with Crippen LogP contribution in [0.15, 0.2) is 42.6 Å². The highest BCUT2D eigenvalue weighted by Crippen LogP contribution is 2.11. The third-order valence-electron chi connectivity index (χ3n) is 2.31. The normalized spacial score (nSPS) is 10.1. The number of nitrogens with zero attached hydrogens (tertiary/aromatic N) is 1. The Hall–Kier alpha value is -2.03. The van der Waals surface area contributed by atoms with Crippen molar-refractivity contribution in [2.24, 2.45) is 0 Å². The molecule has 16 heavy (non-hydrogen) atoms. The van der Waals surface area contributed by atoms with Crippen LogP contribution in [0.4, 0.5) is 4.39 Å². The SMILES string of the molecule is O=Cc1cc(F)cnc1Cc1ccccc1. The van der Waals surface area contributed by atoms with E-state index < -0.39 is 5.82 Å². The van der Waals surface area contributed by atoms with E-state index in [0.29, 0.717) is 24.0 Å². The van der Waals surface area contributed by atoms with E-state index in [1.165, 1.54) is 6.07 Å². The molecular formula is C13H10FNO. The molecule has 0 N–H and O–H groups in total. The molecule has 80 valence electrons. The molecular weight excluding hydrogens is 205 g/mol. The Kier molecular flexibility index (Phi) is 3.05. The topological polar surface area (TPSA) is 30.0 Å². The van der Waals surface area contributed by atoms with Crippen molar-refractivity contribution in [3.8, 4) is 0 Å². The summed E-state index contributed by atoms with van der Waals surface area (Å²) in [6.45, 7) is 0. The first kappa shape index (κ1) is 10.5. The van der Waals surface area contributed by atoms with Crippen LogP contribution in [0.5, 0.6) is 0 Å². The van der Waals surface area contributed by atoms with Crippen molar-refractivity contribution in [1.82, 2.24) is 4.98 Å². The van der Waals surface area contributed by atoms with Gasteiger partial charge < -0.3 is 0 Å². The summed E-state index contributed by atoms with van der Waals surface area (Å²) in [5, 5.41) is 0. The third-order valence-corrected chi connectivity index (χ3v) is 2.31. The van der Waals surface area contributed by atoms with Gasteiger partial charge in [-0.15, -0.1) is 0 Å². The van der Waals surface area contributed by atoms with E-state index in [2.05, 4.69) is 4.98 Å². The summed E-state index contributed by atoms with van der Waals surface area (Å²) in [5.74, 6) is -0.487. The lowest BCUT2D eigenvalue weighted by molar-refractivity contribution is 0.112. The van der Waals surface area contributed by atoms with Gasteiger partial charge in [0.05, 0.1) is 11.9 Å². The van der Waals surface area contributed by atoms with Crippen LogP contribution in [-0.4, -0.2) is 11.3 Å². The molecule has 2 nitrogen and oxygen atoms in total. The molecule has 3 heteroatoms. The fraction of sp³-hybridized carbons (Fsp3) is 0.0769. The smallest absolute Gasteiger partial charge is 0.152 e. The maximum Gasteiger partial charge on any atom is 0.152 e. The summed E-state index contributed by atoms with van der Waals surface area (Å²) in [7, 11) is 0. The Morgan fingerprint density at radius 1 is 1.25 bits per heavy atom. The Labute approximate surface area is 92.8 Å². The number of rotatable bonds is 3. The molecule has 1 aromatic carbocycles. The van der Waals surface area contributed by atoms with Gasteiger partial charge in [0, 0.05) is 12.0 Å². The lowest BCUT2D eigenvalue weighted by Gasteiger charge is -2.03. The van der Waals surface area contributed by atoms with Gasteiger partial charge in [-0.25, -0.2) is 4.39 Å². The zero-order chi connectivity index (χ0) is 11.4. The second kappa shape index (κ2) is 4.66. The Morgan fingerprint density at radius 2 is 2.00 bits per heavy atom. The summed E-state index contributed by atoms with van der Waals surface area (Å²) in [5.41, 5.74) is 1.95. The number of aromatic nitrogens is 1. The van der Waals surface area contributed by atoms with Crippen molar-refractivity contribution in [1.29, 1.82) is 0 Å². The highest BCUT2D eigenvalue weighted by atomic mass is 19.1. The average Bonchev–Trinajstić information content (AvgIpc) is 2.33. The predicted octanol–water partition coefficient (Wildman–Crippen LogP) is 2.62. The number of carbonyl (C=O) groups is 1. The molecule has 0 saturated carbocycles. The van der Waals surface area contributed by atoms with Crippen LogP contribution >= 0.6 is 0 Å². The minimum absolute atomic E-state index is 0.309. The first-order chi connectivity index (χ1) is 7.79. The molecule has 0 aliphatic heterocycles. The number of carbonyl (C=O) groups excluding carboxylic acids is 1. The van der Waals surface area contributed by atoms with Gasteiger partial charge in [0.25, 0.3) is 0 Å². The van der Waals surface area contributed by atoms with Crippen LogP contribution in [0.2, 0.25) is 0 Å². The van der Waals surface area contributed by atoms with E-state index >= 15 is 0 Å². The van der Waals surface area contributed by atoms with Gasteiger partial charge in [0.2, 0.25) is 0 Å². The number of aldehydes is 1. The zero-order valence-corrected chi connectivity index (χ0v) is 8.56. The van der Waals surface area contributed by atoms with E-state index in [0.717, 1.165) is 11.8 Å². The van der Waals surface area contributed by atoms with Crippen LogP contribution in [0, 0.1) is 5.82 Å². The van der Waals surface area contributed by atoms with Gasteiger partial charge in [-0.3, -0.25) is 9.78 Å². The molecule has 0 bridgehead atoms. The molecule has 0 aliphatic rings. The molecule has 2 aromatic rings. The second-order valence-electron chi connectivity index (χ2n) is 3.47. The highest BCUT2D eigenvalue weighted by Gasteiger charge is 2.05. The first-order valence-corrected chi connectivity index (χ1v) is 4.93. The maximum absolute atomic E-state index is 12.9. The molecule has 0 saturated heterocycles. The van der Waals surface area contributed by atoms with E-state index in [9.17, 15) is 9.18 Å². The quantitative estimate of drug-likeness (QED) is 0.737. The number of halogens is 1. The van der Waals surface area contributed by atoms with Crippen molar-refractivity contribution in [2.45, 2.75) is 6.42 Å². The Balaban J connectivity index is 2.31. The van der Waals surface area contributed by atoms with Gasteiger partial charge in [-0.1, -0.05) is 30.3 Å². The average molecular weight is 215 g/mol. The van der Waals surface area contributed by atoms with Crippen molar-refractivity contribution >= 4 is 6.29 Å².